The molecule has 1 unspecified atom stereocenters. The van der Waals surface area contributed by atoms with Crippen LogP contribution >= 0.6 is 22.5 Å². The highest BCUT2D eigenvalue weighted by atomic mass is 33.1. The van der Waals surface area contributed by atoms with Gasteiger partial charge >= 0.3 is 0 Å². The van der Waals surface area contributed by atoms with Gasteiger partial charge in [-0.25, -0.2) is 0 Å². The minimum absolute atomic E-state index is 0.186. The van der Waals surface area contributed by atoms with Crippen LogP contribution in [-0.2, 0) is 4.79 Å². The molecule has 76 valence electrons. The van der Waals surface area contributed by atoms with Gasteiger partial charge in [0.15, 0.2) is 0 Å². The van der Waals surface area contributed by atoms with E-state index in [0.29, 0.717) is 5.37 Å². The highest BCUT2D eigenvalue weighted by Gasteiger charge is 2.21. The van der Waals surface area contributed by atoms with E-state index < -0.39 is 0 Å². The second-order valence-electron chi connectivity index (χ2n) is 3.25. The molecule has 1 amide bonds. The van der Waals surface area contributed by atoms with Crippen LogP contribution in [0.2, 0.25) is 0 Å². The Balaban J connectivity index is 2.34. The van der Waals surface area contributed by atoms with Gasteiger partial charge in [0.1, 0.15) is 0 Å². The Morgan fingerprint density at radius 3 is 2.31 bits per heavy atom. The van der Waals surface area contributed by atoms with Crippen LogP contribution in [0.3, 0.4) is 0 Å². The highest BCUT2D eigenvalue weighted by molar-refractivity contribution is 8.68. The summed E-state index contributed by atoms with van der Waals surface area (Å²) in [7, 11) is 1.56. The fourth-order valence-corrected chi connectivity index (χ4v) is 2.21. The molecule has 0 bridgehead atoms. The van der Waals surface area contributed by atoms with Gasteiger partial charge in [-0.1, -0.05) is 10.8 Å². The van der Waals surface area contributed by atoms with E-state index >= 15 is 0 Å². The average Bonchev–Trinajstić information content (AvgIpc) is 2.17. The van der Waals surface area contributed by atoms with Gasteiger partial charge in [-0.05, 0) is 6.92 Å². The van der Waals surface area contributed by atoms with Crippen molar-refractivity contribution in [3.63, 3.8) is 0 Å². The molecule has 0 N–H and O–H groups in total. The van der Waals surface area contributed by atoms with E-state index in [1.807, 2.05) is 4.90 Å². The zero-order chi connectivity index (χ0) is 9.84. The number of carbonyl (C=O) groups excluding carboxylic acids is 1. The number of hydrogen-bond acceptors (Lipinski definition) is 4. The fraction of sp³-hybridized carbons (Fsp3) is 0.875. The minimum Gasteiger partial charge on any atom is -0.340 e. The van der Waals surface area contributed by atoms with Crippen molar-refractivity contribution >= 4 is 28.4 Å². The van der Waals surface area contributed by atoms with Crippen molar-refractivity contribution in [1.29, 1.82) is 0 Å². The standard InChI is InChI=1S/C8H16N2OS2/c1-7(11)9-3-5-10(6-4-9)8(2)13-12/h8,12H,3-6H2,1-2H3. The van der Waals surface area contributed by atoms with Gasteiger partial charge in [0.2, 0.25) is 5.91 Å². The van der Waals surface area contributed by atoms with Crippen LogP contribution in [-0.4, -0.2) is 47.3 Å². The Morgan fingerprint density at radius 2 is 1.92 bits per heavy atom. The van der Waals surface area contributed by atoms with E-state index in [4.69, 9.17) is 0 Å². The third-order valence-corrected chi connectivity index (χ3v) is 3.94. The topological polar surface area (TPSA) is 23.6 Å². The molecular weight excluding hydrogens is 204 g/mol. The third kappa shape index (κ3) is 3.07. The SMILES string of the molecule is CC(=O)N1CCN(C(C)SS)CC1. The molecule has 1 heterocycles. The van der Waals surface area contributed by atoms with Crippen molar-refractivity contribution in [2.24, 2.45) is 0 Å². The Hall–Kier alpha value is 0.130. The molecule has 1 rings (SSSR count). The zero-order valence-corrected chi connectivity index (χ0v) is 9.77. The molecule has 0 aromatic carbocycles. The minimum atomic E-state index is 0.186. The van der Waals surface area contributed by atoms with E-state index in [9.17, 15) is 4.79 Å². The summed E-state index contributed by atoms with van der Waals surface area (Å²) >= 11 is 4.18. The van der Waals surface area contributed by atoms with Gasteiger partial charge in [-0.3, -0.25) is 9.69 Å². The Kier molecular flexibility index (Phi) is 4.41. The molecule has 3 nitrogen and oxygen atoms in total. The molecule has 0 radical (unpaired) electrons. The normalized spacial score (nSPS) is 21.6. The summed E-state index contributed by atoms with van der Waals surface area (Å²) < 4.78 is 0. The summed E-state index contributed by atoms with van der Waals surface area (Å²) in [5.74, 6) is 0.186. The lowest BCUT2D eigenvalue weighted by atomic mass is 10.3. The van der Waals surface area contributed by atoms with Crippen LogP contribution in [0.15, 0.2) is 0 Å². The lowest BCUT2D eigenvalue weighted by Crippen LogP contribution is -2.49. The van der Waals surface area contributed by atoms with E-state index in [0.717, 1.165) is 26.2 Å². The Labute approximate surface area is 88.6 Å². The summed E-state index contributed by atoms with van der Waals surface area (Å²) in [6.45, 7) is 7.41. The summed E-state index contributed by atoms with van der Waals surface area (Å²) in [6.07, 6.45) is 0. The molecule has 1 saturated heterocycles. The first-order valence-electron chi connectivity index (χ1n) is 4.45. The lowest BCUT2D eigenvalue weighted by Gasteiger charge is -2.36. The monoisotopic (exact) mass is 220 g/mol. The van der Waals surface area contributed by atoms with Crippen LogP contribution in [0, 0.1) is 0 Å². The summed E-state index contributed by atoms with van der Waals surface area (Å²) in [6, 6.07) is 0. The van der Waals surface area contributed by atoms with E-state index in [1.165, 1.54) is 0 Å². The number of hydrogen-bond donors (Lipinski definition) is 1. The van der Waals surface area contributed by atoms with E-state index in [1.54, 1.807) is 17.7 Å². The maximum atomic E-state index is 11.0. The van der Waals surface area contributed by atoms with Crippen molar-refractivity contribution in [3.05, 3.63) is 0 Å². The number of carbonyl (C=O) groups is 1. The van der Waals surface area contributed by atoms with E-state index in [2.05, 4.69) is 23.5 Å². The van der Waals surface area contributed by atoms with Gasteiger partial charge in [0, 0.05) is 33.1 Å². The van der Waals surface area contributed by atoms with E-state index in [-0.39, 0.29) is 5.91 Å². The van der Waals surface area contributed by atoms with Crippen molar-refractivity contribution in [2.45, 2.75) is 19.2 Å². The Bertz CT molecular complexity index is 181. The van der Waals surface area contributed by atoms with Crippen LogP contribution in [0.25, 0.3) is 0 Å². The van der Waals surface area contributed by atoms with Crippen molar-refractivity contribution in [3.8, 4) is 0 Å². The first kappa shape index (κ1) is 11.2. The maximum Gasteiger partial charge on any atom is 0.219 e. The van der Waals surface area contributed by atoms with Crippen LogP contribution in [0.1, 0.15) is 13.8 Å². The van der Waals surface area contributed by atoms with Gasteiger partial charge in [-0.2, -0.15) is 0 Å². The molecule has 13 heavy (non-hydrogen) atoms. The second kappa shape index (κ2) is 5.12. The molecule has 1 aliphatic heterocycles. The molecule has 1 atom stereocenters. The van der Waals surface area contributed by atoms with Gasteiger partial charge < -0.3 is 4.90 Å². The third-order valence-electron chi connectivity index (χ3n) is 2.43. The fourth-order valence-electron chi connectivity index (χ4n) is 1.47. The molecule has 0 aromatic rings. The molecule has 0 saturated carbocycles. The van der Waals surface area contributed by atoms with Crippen LogP contribution < -0.4 is 0 Å². The molecule has 0 aliphatic carbocycles. The summed E-state index contributed by atoms with van der Waals surface area (Å²) in [4.78, 5) is 15.3. The molecule has 0 spiro atoms. The number of rotatable bonds is 2. The summed E-state index contributed by atoms with van der Waals surface area (Å²) in [5.41, 5.74) is 0. The van der Waals surface area contributed by atoms with Crippen LogP contribution in [0.5, 0.6) is 0 Å². The van der Waals surface area contributed by atoms with Crippen molar-refractivity contribution < 1.29 is 4.79 Å². The second-order valence-corrected chi connectivity index (χ2v) is 4.77. The molecule has 1 aliphatic rings. The quantitative estimate of drug-likeness (QED) is 0.556. The maximum absolute atomic E-state index is 11.0. The predicted octanol–water partition coefficient (Wildman–Crippen LogP) is 1.07. The smallest absolute Gasteiger partial charge is 0.219 e. The van der Waals surface area contributed by atoms with Crippen molar-refractivity contribution in [1.82, 2.24) is 9.80 Å². The molecule has 0 aromatic heterocycles. The van der Waals surface area contributed by atoms with Gasteiger partial charge in [-0.15, -0.1) is 11.7 Å². The Morgan fingerprint density at radius 1 is 1.38 bits per heavy atom. The molecule has 5 heteroatoms. The highest BCUT2D eigenvalue weighted by Crippen LogP contribution is 2.19. The molecule has 1 fully saturated rings. The largest absolute Gasteiger partial charge is 0.340 e. The lowest BCUT2D eigenvalue weighted by molar-refractivity contribution is -0.130. The first-order chi connectivity index (χ1) is 6.15. The van der Waals surface area contributed by atoms with Gasteiger partial charge in [0.25, 0.3) is 0 Å². The summed E-state index contributed by atoms with van der Waals surface area (Å²) in [5, 5.41) is 0.442. The number of amides is 1. The number of thiol groups is 1. The van der Waals surface area contributed by atoms with Crippen molar-refractivity contribution in [2.75, 3.05) is 26.2 Å². The number of nitrogens with zero attached hydrogens (tertiary/aromatic N) is 2. The van der Waals surface area contributed by atoms with Crippen LogP contribution in [0.4, 0.5) is 0 Å². The molecular formula is C8H16N2OS2. The van der Waals surface area contributed by atoms with Gasteiger partial charge in [0.05, 0.1) is 5.37 Å². The zero-order valence-electron chi connectivity index (χ0n) is 8.06. The number of piperazine rings is 1. The predicted molar refractivity (Wildman–Crippen MR) is 59.9 cm³/mol. The first-order valence-corrected chi connectivity index (χ1v) is 6.38. The average molecular weight is 220 g/mol.